The fourth-order valence-corrected chi connectivity index (χ4v) is 3.27. The van der Waals surface area contributed by atoms with Crippen molar-refractivity contribution >= 4 is 17.9 Å². The van der Waals surface area contributed by atoms with Gasteiger partial charge in [-0.15, -0.1) is 5.06 Å². The van der Waals surface area contributed by atoms with Crippen molar-refractivity contribution in [3.63, 3.8) is 0 Å². The summed E-state index contributed by atoms with van der Waals surface area (Å²) in [7, 11) is 0. The molecule has 7 heteroatoms. The molecule has 0 fully saturated rings. The largest absolute Gasteiger partial charge is 0.393 e. The summed E-state index contributed by atoms with van der Waals surface area (Å²) in [4.78, 5) is 41.3. The van der Waals surface area contributed by atoms with Gasteiger partial charge < -0.3 is 15.3 Å². The second-order valence-electron chi connectivity index (χ2n) is 8.62. The van der Waals surface area contributed by atoms with E-state index in [1.807, 2.05) is 0 Å². The lowest BCUT2D eigenvalue weighted by molar-refractivity contribution is -0.193. The molecule has 0 spiro atoms. The molecule has 0 heterocycles. The Kier molecular flexibility index (Phi) is 20.4. The Morgan fingerprint density at radius 1 is 0.688 bits per heavy atom. The van der Waals surface area contributed by atoms with Gasteiger partial charge in [-0.1, -0.05) is 85.0 Å². The number of rotatable bonds is 21. The van der Waals surface area contributed by atoms with Crippen molar-refractivity contribution < 1.29 is 24.0 Å². The molecular formula is C25H48N2O5. The van der Waals surface area contributed by atoms with E-state index >= 15 is 0 Å². The highest BCUT2D eigenvalue weighted by atomic mass is 16.7. The number of nitrogens with two attached hydrogens (primary N) is 1. The van der Waals surface area contributed by atoms with Crippen LogP contribution >= 0.6 is 0 Å². The van der Waals surface area contributed by atoms with Gasteiger partial charge in [-0.25, -0.2) is 4.79 Å². The van der Waals surface area contributed by atoms with Crippen molar-refractivity contribution in [3.05, 3.63) is 0 Å². The van der Waals surface area contributed by atoms with E-state index in [4.69, 9.17) is 15.3 Å². The van der Waals surface area contributed by atoms with E-state index in [2.05, 4.69) is 20.8 Å². The summed E-state index contributed by atoms with van der Waals surface area (Å²) in [6.45, 7) is 7.71. The topological polar surface area (TPSA) is 98.9 Å². The van der Waals surface area contributed by atoms with E-state index < -0.39 is 23.9 Å². The minimum atomic E-state index is -0.916. The standard InChI is InChI=1S/C25H48N2O5/c1-4-7-10-11-12-13-14-15-16-17-23(28)31-24(29)19-18-22(26)25(30)32-27(20-8-5-2)21-9-6-3/h22H,4-21,26H2,1-3H3/t22-/m0/s1. The van der Waals surface area contributed by atoms with E-state index in [1.54, 1.807) is 5.06 Å². The predicted octanol–water partition coefficient (Wildman–Crippen LogP) is 5.45. The summed E-state index contributed by atoms with van der Waals surface area (Å²) in [6.07, 6.45) is 14.6. The summed E-state index contributed by atoms with van der Waals surface area (Å²) in [5.74, 6) is -1.69. The average Bonchev–Trinajstić information content (AvgIpc) is 2.77. The number of hydroxylamine groups is 2. The van der Waals surface area contributed by atoms with E-state index in [-0.39, 0.29) is 19.3 Å². The van der Waals surface area contributed by atoms with Gasteiger partial charge in [-0.3, -0.25) is 9.59 Å². The zero-order valence-electron chi connectivity index (χ0n) is 20.9. The highest BCUT2D eigenvalue weighted by Gasteiger charge is 2.21. The van der Waals surface area contributed by atoms with E-state index in [9.17, 15) is 14.4 Å². The van der Waals surface area contributed by atoms with Crippen LogP contribution in [0.15, 0.2) is 0 Å². The molecule has 0 aliphatic carbocycles. The van der Waals surface area contributed by atoms with Crippen molar-refractivity contribution in [2.24, 2.45) is 5.73 Å². The molecule has 32 heavy (non-hydrogen) atoms. The lowest BCUT2D eigenvalue weighted by Crippen LogP contribution is -2.39. The fraction of sp³-hybridized carbons (Fsp3) is 0.880. The molecule has 0 bridgehead atoms. The van der Waals surface area contributed by atoms with Crippen LogP contribution in [0.25, 0.3) is 0 Å². The summed E-state index contributed by atoms with van der Waals surface area (Å²) in [6, 6.07) is -0.916. The number of hydrogen-bond donors (Lipinski definition) is 1. The molecule has 0 unspecified atom stereocenters. The second-order valence-corrected chi connectivity index (χ2v) is 8.62. The third-order valence-electron chi connectivity index (χ3n) is 5.42. The van der Waals surface area contributed by atoms with Crippen molar-refractivity contribution in [1.29, 1.82) is 0 Å². The first-order chi connectivity index (χ1) is 15.4. The number of carbonyl (C=O) groups excluding carboxylic acids is 3. The summed E-state index contributed by atoms with van der Waals surface area (Å²) >= 11 is 0. The number of ether oxygens (including phenoxy) is 1. The van der Waals surface area contributed by atoms with Gasteiger partial charge in [0, 0.05) is 25.9 Å². The highest BCUT2D eigenvalue weighted by Crippen LogP contribution is 2.11. The molecule has 0 aromatic carbocycles. The van der Waals surface area contributed by atoms with Gasteiger partial charge in [0.2, 0.25) is 0 Å². The predicted molar refractivity (Wildman–Crippen MR) is 128 cm³/mol. The van der Waals surface area contributed by atoms with E-state index in [0.717, 1.165) is 44.9 Å². The quantitative estimate of drug-likeness (QED) is 0.106. The average molecular weight is 457 g/mol. The third kappa shape index (κ3) is 18.1. The summed E-state index contributed by atoms with van der Waals surface area (Å²) in [5.41, 5.74) is 5.87. The number of carbonyl (C=O) groups is 3. The van der Waals surface area contributed by atoms with Crippen LogP contribution in [0.1, 0.15) is 124 Å². The third-order valence-corrected chi connectivity index (χ3v) is 5.42. The maximum atomic E-state index is 12.2. The fourth-order valence-electron chi connectivity index (χ4n) is 3.27. The molecule has 188 valence electrons. The number of esters is 2. The van der Waals surface area contributed by atoms with Crippen LogP contribution in [0.4, 0.5) is 0 Å². The number of unbranched alkanes of at least 4 members (excludes halogenated alkanes) is 10. The lowest BCUT2D eigenvalue weighted by Gasteiger charge is -2.22. The van der Waals surface area contributed by atoms with Gasteiger partial charge in [0.05, 0.1) is 0 Å². The molecule has 7 nitrogen and oxygen atoms in total. The van der Waals surface area contributed by atoms with E-state index in [1.165, 1.54) is 38.5 Å². The zero-order valence-corrected chi connectivity index (χ0v) is 20.9. The minimum absolute atomic E-state index is 0.0797. The van der Waals surface area contributed by atoms with E-state index in [0.29, 0.717) is 13.1 Å². The second kappa shape index (κ2) is 21.4. The first-order valence-corrected chi connectivity index (χ1v) is 12.9. The molecule has 0 aliphatic heterocycles. The van der Waals surface area contributed by atoms with Crippen LogP contribution in [0.3, 0.4) is 0 Å². The summed E-state index contributed by atoms with van der Waals surface area (Å²) in [5, 5.41) is 1.66. The Hall–Kier alpha value is -1.47. The molecule has 0 aromatic heterocycles. The Labute approximate surface area is 195 Å². The minimum Gasteiger partial charge on any atom is -0.393 e. The molecule has 0 radical (unpaired) electrons. The molecule has 0 saturated carbocycles. The van der Waals surface area contributed by atoms with Crippen LogP contribution < -0.4 is 5.73 Å². The smallest absolute Gasteiger partial charge is 0.341 e. The van der Waals surface area contributed by atoms with Crippen molar-refractivity contribution in [3.8, 4) is 0 Å². The first-order valence-electron chi connectivity index (χ1n) is 12.9. The molecular weight excluding hydrogens is 408 g/mol. The van der Waals surface area contributed by atoms with Gasteiger partial charge in [-0.2, -0.15) is 0 Å². The van der Waals surface area contributed by atoms with Crippen molar-refractivity contribution in [1.82, 2.24) is 5.06 Å². The molecule has 0 aromatic rings. The monoisotopic (exact) mass is 456 g/mol. The molecule has 0 rings (SSSR count). The van der Waals surface area contributed by atoms with Crippen LogP contribution in [-0.2, 0) is 24.0 Å². The van der Waals surface area contributed by atoms with Crippen LogP contribution in [0.2, 0.25) is 0 Å². The SMILES string of the molecule is CCCCCCCCCCCC(=O)OC(=O)CC[C@H](N)C(=O)ON(CCCC)CCCC. The van der Waals surface area contributed by atoms with Gasteiger partial charge in [0.25, 0.3) is 0 Å². The maximum absolute atomic E-state index is 12.2. The Bertz CT molecular complexity index is 491. The van der Waals surface area contributed by atoms with Gasteiger partial charge in [0.1, 0.15) is 6.04 Å². The first kappa shape index (κ1) is 30.5. The Morgan fingerprint density at radius 3 is 1.69 bits per heavy atom. The highest BCUT2D eigenvalue weighted by molar-refractivity contribution is 5.85. The molecule has 1 atom stereocenters. The van der Waals surface area contributed by atoms with Crippen molar-refractivity contribution in [2.45, 2.75) is 130 Å². The van der Waals surface area contributed by atoms with Crippen LogP contribution in [-0.4, -0.2) is 42.1 Å². The van der Waals surface area contributed by atoms with Crippen LogP contribution in [0, 0.1) is 0 Å². The molecule has 2 N–H and O–H groups in total. The lowest BCUT2D eigenvalue weighted by atomic mass is 10.1. The summed E-state index contributed by atoms with van der Waals surface area (Å²) < 4.78 is 4.84. The molecule has 0 amide bonds. The number of nitrogens with zero attached hydrogens (tertiary/aromatic N) is 1. The van der Waals surface area contributed by atoms with Crippen molar-refractivity contribution in [2.75, 3.05) is 13.1 Å². The Morgan fingerprint density at radius 2 is 1.16 bits per heavy atom. The molecule has 0 saturated heterocycles. The van der Waals surface area contributed by atoms with Gasteiger partial charge >= 0.3 is 17.9 Å². The normalized spacial score (nSPS) is 12.0. The Balaban J connectivity index is 3.95. The zero-order chi connectivity index (χ0) is 24.0. The molecule has 0 aliphatic rings. The van der Waals surface area contributed by atoms with Crippen LogP contribution in [0.5, 0.6) is 0 Å². The number of hydrogen-bond acceptors (Lipinski definition) is 7. The maximum Gasteiger partial charge on any atom is 0.341 e. The van der Waals surface area contributed by atoms with Gasteiger partial charge in [0.15, 0.2) is 0 Å². The van der Waals surface area contributed by atoms with Gasteiger partial charge in [-0.05, 0) is 25.7 Å².